The van der Waals surface area contributed by atoms with Crippen LogP contribution >= 0.6 is 11.3 Å². The highest BCUT2D eigenvalue weighted by molar-refractivity contribution is 7.10. The van der Waals surface area contributed by atoms with Crippen molar-refractivity contribution in [2.45, 2.75) is 31.7 Å². The Kier molecular flexibility index (Phi) is 4.93. The molecule has 1 fully saturated rings. The van der Waals surface area contributed by atoms with E-state index in [1.807, 2.05) is 34.5 Å². The van der Waals surface area contributed by atoms with Crippen molar-refractivity contribution in [2.24, 2.45) is 0 Å². The summed E-state index contributed by atoms with van der Waals surface area (Å²) in [6.07, 6.45) is 3.96. The van der Waals surface area contributed by atoms with Gasteiger partial charge in [0, 0.05) is 23.7 Å². The predicted octanol–water partition coefficient (Wildman–Crippen LogP) is 3.57. The lowest BCUT2D eigenvalue weighted by atomic mass is 10.0. The summed E-state index contributed by atoms with van der Waals surface area (Å²) in [5.41, 5.74) is 2.19. The number of urea groups is 1. The molecule has 0 unspecified atom stereocenters. The number of hydrogen-bond acceptors (Lipinski definition) is 3. The minimum Gasteiger partial charge on any atom is -0.329 e. The van der Waals surface area contributed by atoms with Gasteiger partial charge in [0.2, 0.25) is 5.91 Å². The number of carbonyl (C=O) groups excluding carboxylic acids is 2. The number of carbonyl (C=O) groups is 2. The van der Waals surface area contributed by atoms with Gasteiger partial charge in [-0.15, -0.1) is 11.3 Å². The van der Waals surface area contributed by atoms with E-state index in [9.17, 15) is 9.59 Å². The van der Waals surface area contributed by atoms with Crippen LogP contribution in [-0.4, -0.2) is 36.5 Å². The van der Waals surface area contributed by atoms with E-state index in [2.05, 4.69) is 17.4 Å². The summed E-state index contributed by atoms with van der Waals surface area (Å²) in [6.45, 7) is 1.50. The summed E-state index contributed by atoms with van der Waals surface area (Å²) in [5.74, 6) is -0.0441. The van der Waals surface area contributed by atoms with Crippen molar-refractivity contribution in [2.75, 3.05) is 24.5 Å². The minimum absolute atomic E-state index is 0.0425. The predicted molar refractivity (Wildman–Crippen MR) is 104 cm³/mol. The first-order valence-corrected chi connectivity index (χ1v) is 10.1. The van der Waals surface area contributed by atoms with Gasteiger partial charge in [-0.05, 0) is 48.8 Å². The van der Waals surface area contributed by atoms with Crippen molar-refractivity contribution >= 4 is 29.0 Å². The lowest BCUT2D eigenvalue weighted by Crippen LogP contribution is -2.46. The Morgan fingerprint density at radius 2 is 2.00 bits per heavy atom. The highest BCUT2D eigenvalue weighted by Crippen LogP contribution is 2.34. The van der Waals surface area contributed by atoms with Crippen LogP contribution in [0.2, 0.25) is 0 Å². The number of fused-ring (bicyclic) bond motifs is 1. The number of hydrogen-bond donors (Lipinski definition) is 1. The molecule has 0 saturated carbocycles. The number of nitrogens with one attached hydrogen (secondary N) is 1. The van der Waals surface area contributed by atoms with E-state index in [1.165, 1.54) is 10.4 Å². The molecule has 4 rings (SSSR count). The second-order valence-electron chi connectivity index (χ2n) is 6.80. The van der Waals surface area contributed by atoms with Crippen LogP contribution in [0.15, 0.2) is 41.8 Å². The van der Waals surface area contributed by atoms with Crippen molar-refractivity contribution in [3.8, 4) is 0 Å². The van der Waals surface area contributed by atoms with Gasteiger partial charge in [-0.3, -0.25) is 4.79 Å². The molecule has 0 aliphatic carbocycles. The Morgan fingerprint density at radius 1 is 1.12 bits per heavy atom. The summed E-state index contributed by atoms with van der Waals surface area (Å²) in [4.78, 5) is 30.2. The van der Waals surface area contributed by atoms with Crippen LogP contribution < -0.4 is 10.2 Å². The van der Waals surface area contributed by atoms with Gasteiger partial charge in [-0.2, -0.15) is 0 Å². The lowest BCUT2D eigenvalue weighted by Gasteiger charge is -2.30. The summed E-state index contributed by atoms with van der Waals surface area (Å²) in [6, 6.07) is 12.1. The van der Waals surface area contributed by atoms with E-state index in [4.69, 9.17) is 0 Å². The highest BCUT2D eigenvalue weighted by Gasteiger charge is 2.31. The largest absolute Gasteiger partial charge is 0.329 e. The normalized spacial score (nSPS) is 19.3. The standard InChI is InChI=1S/C20H23N3O2S/c24-19(22-11-3-7-15-6-1-2-8-16(15)22)14-21-20(25)23-12-4-9-17(23)18-10-5-13-26-18/h1-2,5-6,8,10,13,17H,3-4,7,9,11-12,14H2,(H,21,25)/t17-/m1/s1. The highest BCUT2D eigenvalue weighted by atomic mass is 32.1. The average molecular weight is 369 g/mol. The topological polar surface area (TPSA) is 52.7 Å². The van der Waals surface area contributed by atoms with Gasteiger partial charge in [0.05, 0.1) is 12.6 Å². The zero-order chi connectivity index (χ0) is 17.9. The van der Waals surface area contributed by atoms with E-state index in [0.29, 0.717) is 6.54 Å². The third-order valence-electron chi connectivity index (χ3n) is 5.19. The summed E-state index contributed by atoms with van der Waals surface area (Å²) in [5, 5.41) is 4.89. The molecule has 1 aromatic carbocycles. The van der Waals surface area contributed by atoms with Crippen molar-refractivity contribution in [1.82, 2.24) is 10.2 Å². The van der Waals surface area contributed by atoms with Crippen LogP contribution in [0.4, 0.5) is 10.5 Å². The van der Waals surface area contributed by atoms with Gasteiger partial charge in [-0.1, -0.05) is 24.3 Å². The molecule has 1 aromatic heterocycles. The molecule has 0 radical (unpaired) electrons. The molecule has 0 bridgehead atoms. The zero-order valence-electron chi connectivity index (χ0n) is 14.7. The third kappa shape index (κ3) is 3.33. The molecular weight excluding hydrogens is 346 g/mol. The average Bonchev–Trinajstić information content (AvgIpc) is 3.36. The van der Waals surface area contributed by atoms with Crippen LogP contribution in [0.3, 0.4) is 0 Å². The molecular formula is C20H23N3O2S. The fourth-order valence-corrected chi connectivity index (χ4v) is 4.80. The molecule has 3 heterocycles. The maximum absolute atomic E-state index is 12.7. The third-order valence-corrected chi connectivity index (χ3v) is 6.16. The summed E-state index contributed by atoms with van der Waals surface area (Å²) >= 11 is 1.68. The van der Waals surface area contributed by atoms with Gasteiger partial charge in [-0.25, -0.2) is 4.79 Å². The fourth-order valence-electron chi connectivity index (χ4n) is 3.93. The van der Waals surface area contributed by atoms with Crippen molar-refractivity contribution in [1.29, 1.82) is 0 Å². The Bertz CT molecular complexity index is 790. The van der Waals surface area contributed by atoms with E-state index in [1.54, 1.807) is 16.2 Å². The molecule has 3 amide bonds. The number of nitrogens with zero attached hydrogens (tertiary/aromatic N) is 2. The fraction of sp³-hybridized carbons (Fsp3) is 0.400. The quantitative estimate of drug-likeness (QED) is 0.899. The van der Waals surface area contributed by atoms with E-state index >= 15 is 0 Å². The monoisotopic (exact) mass is 369 g/mol. The van der Waals surface area contributed by atoms with E-state index < -0.39 is 0 Å². The second-order valence-corrected chi connectivity index (χ2v) is 7.78. The van der Waals surface area contributed by atoms with Gasteiger partial charge < -0.3 is 15.1 Å². The number of anilines is 1. The molecule has 2 aliphatic heterocycles. The Labute approximate surface area is 157 Å². The molecule has 6 heteroatoms. The van der Waals surface area contributed by atoms with Crippen LogP contribution in [0.5, 0.6) is 0 Å². The molecule has 2 aromatic rings. The number of rotatable bonds is 3. The SMILES string of the molecule is O=C(CNC(=O)N1CCC[C@@H]1c1cccs1)N1CCCc2ccccc21. The number of para-hydroxylation sites is 1. The molecule has 26 heavy (non-hydrogen) atoms. The maximum Gasteiger partial charge on any atom is 0.318 e. The first-order chi connectivity index (χ1) is 12.7. The van der Waals surface area contributed by atoms with E-state index in [0.717, 1.165) is 37.9 Å². The molecule has 136 valence electrons. The van der Waals surface area contributed by atoms with Crippen LogP contribution in [0.1, 0.15) is 35.7 Å². The molecule has 2 aliphatic rings. The molecule has 1 N–H and O–H groups in total. The molecule has 1 saturated heterocycles. The lowest BCUT2D eigenvalue weighted by molar-refractivity contribution is -0.117. The van der Waals surface area contributed by atoms with Crippen molar-refractivity contribution in [3.63, 3.8) is 0 Å². The number of aryl methyl sites for hydroxylation is 1. The number of likely N-dealkylation sites (tertiary alicyclic amines) is 1. The zero-order valence-corrected chi connectivity index (χ0v) is 15.5. The van der Waals surface area contributed by atoms with Gasteiger partial charge in [0.15, 0.2) is 0 Å². The molecule has 0 spiro atoms. The second kappa shape index (κ2) is 7.50. The smallest absolute Gasteiger partial charge is 0.318 e. The number of thiophene rings is 1. The van der Waals surface area contributed by atoms with Crippen LogP contribution in [0.25, 0.3) is 0 Å². The Hall–Kier alpha value is -2.34. The van der Waals surface area contributed by atoms with Crippen LogP contribution in [-0.2, 0) is 11.2 Å². The Balaban J connectivity index is 1.38. The number of benzene rings is 1. The number of amides is 3. The first-order valence-electron chi connectivity index (χ1n) is 9.20. The van der Waals surface area contributed by atoms with Crippen LogP contribution in [0, 0.1) is 0 Å². The summed E-state index contributed by atoms with van der Waals surface area (Å²) in [7, 11) is 0. The van der Waals surface area contributed by atoms with E-state index in [-0.39, 0.29) is 24.5 Å². The van der Waals surface area contributed by atoms with Crippen molar-refractivity contribution < 1.29 is 9.59 Å². The minimum atomic E-state index is -0.139. The summed E-state index contributed by atoms with van der Waals surface area (Å²) < 4.78 is 0. The van der Waals surface area contributed by atoms with Gasteiger partial charge in [0.25, 0.3) is 0 Å². The maximum atomic E-state index is 12.7. The molecule has 5 nitrogen and oxygen atoms in total. The first kappa shape index (κ1) is 17.1. The Morgan fingerprint density at radius 3 is 2.85 bits per heavy atom. The van der Waals surface area contributed by atoms with Gasteiger partial charge in [0.1, 0.15) is 0 Å². The molecule has 1 atom stereocenters. The van der Waals surface area contributed by atoms with Gasteiger partial charge >= 0.3 is 6.03 Å². The van der Waals surface area contributed by atoms with Crippen molar-refractivity contribution in [3.05, 3.63) is 52.2 Å².